The second-order valence-corrected chi connectivity index (χ2v) is 5.19. The van der Waals surface area contributed by atoms with Crippen LogP contribution in [0, 0.1) is 0 Å². The van der Waals surface area contributed by atoms with E-state index in [4.69, 9.17) is 10.5 Å². The summed E-state index contributed by atoms with van der Waals surface area (Å²) in [6.07, 6.45) is 0.732. The Hall–Kier alpha value is -0.650. The van der Waals surface area contributed by atoms with E-state index in [0.717, 1.165) is 19.5 Å². The van der Waals surface area contributed by atoms with Gasteiger partial charge in [-0.1, -0.05) is 13.8 Å². The maximum atomic E-state index is 11.3. The second-order valence-electron chi connectivity index (χ2n) is 5.19. The molecule has 0 aromatic heterocycles. The van der Waals surface area contributed by atoms with Gasteiger partial charge < -0.3 is 15.8 Å². The molecule has 0 aliphatic heterocycles. The van der Waals surface area contributed by atoms with Crippen molar-refractivity contribution in [2.75, 3.05) is 26.8 Å². The molecule has 0 rings (SSSR count). The summed E-state index contributed by atoms with van der Waals surface area (Å²) in [5, 5.41) is 3.20. The monoisotopic (exact) mass is 259 g/mol. The van der Waals surface area contributed by atoms with Gasteiger partial charge in [0.15, 0.2) is 0 Å². The van der Waals surface area contributed by atoms with E-state index >= 15 is 0 Å². The molecule has 0 spiro atoms. The molecule has 0 aliphatic rings. The number of hydrogen-bond acceptors (Lipinski definition) is 4. The first kappa shape index (κ1) is 17.4. The van der Waals surface area contributed by atoms with E-state index in [1.54, 1.807) is 7.11 Å². The van der Waals surface area contributed by atoms with Gasteiger partial charge >= 0.3 is 0 Å². The summed E-state index contributed by atoms with van der Waals surface area (Å²) in [5.74, 6) is -0.279. The molecule has 0 radical (unpaired) electrons. The molecule has 108 valence electrons. The fourth-order valence-electron chi connectivity index (χ4n) is 1.84. The highest BCUT2D eigenvalue weighted by molar-refractivity contribution is 5.79. The van der Waals surface area contributed by atoms with E-state index in [1.807, 2.05) is 13.8 Å². The Kier molecular flexibility index (Phi) is 8.97. The van der Waals surface area contributed by atoms with Gasteiger partial charge in [0.25, 0.3) is 0 Å². The van der Waals surface area contributed by atoms with Crippen molar-refractivity contribution in [1.29, 1.82) is 0 Å². The van der Waals surface area contributed by atoms with Gasteiger partial charge in [-0.05, 0) is 20.3 Å². The Labute approximate surface area is 111 Å². The molecule has 18 heavy (non-hydrogen) atoms. The number of hydrogen-bond donors (Lipinski definition) is 2. The van der Waals surface area contributed by atoms with E-state index < -0.39 is 0 Å². The van der Waals surface area contributed by atoms with E-state index in [9.17, 15) is 4.79 Å². The Morgan fingerprint density at radius 3 is 2.28 bits per heavy atom. The van der Waals surface area contributed by atoms with Gasteiger partial charge in [0, 0.05) is 32.3 Å². The lowest BCUT2D eigenvalue weighted by Crippen LogP contribution is -2.47. The normalized spacial score (nSPS) is 13.6. The molecule has 3 N–H and O–H groups in total. The molecular weight excluding hydrogens is 230 g/mol. The van der Waals surface area contributed by atoms with Crippen LogP contribution in [0.5, 0.6) is 0 Å². The van der Waals surface area contributed by atoms with Crippen LogP contribution in [-0.4, -0.2) is 55.7 Å². The number of carbonyl (C=O) groups excluding carboxylic acids is 1. The highest BCUT2D eigenvalue weighted by Crippen LogP contribution is 2.03. The molecule has 0 fully saturated rings. The molecule has 0 heterocycles. The van der Waals surface area contributed by atoms with Crippen LogP contribution in [-0.2, 0) is 9.53 Å². The first-order valence-corrected chi connectivity index (χ1v) is 6.66. The van der Waals surface area contributed by atoms with Gasteiger partial charge in [-0.2, -0.15) is 0 Å². The Bertz CT molecular complexity index is 232. The Balaban J connectivity index is 4.23. The third-order valence-corrected chi connectivity index (χ3v) is 2.90. The molecule has 0 saturated heterocycles. The van der Waals surface area contributed by atoms with Crippen LogP contribution in [0.4, 0.5) is 0 Å². The minimum Gasteiger partial charge on any atom is -0.383 e. The largest absolute Gasteiger partial charge is 0.383 e. The van der Waals surface area contributed by atoms with Crippen molar-refractivity contribution in [3.8, 4) is 0 Å². The van der Waals surface area contributed by atoms with Crippen molar-refractivity contribution in [1.82, 2.24) is 10.2 Å². The number of nitrogens with two attached hydrogens (primary N) is 1. The lowest BCUT2D eigenvalue weighted by molar-refractivity contribution is -0.120. The summed E-state index contributed by atoms with van der Waals surface area (Å²) in [4.78, 5) is 13.6. The maximum absolute atomic E-state index is 11.3. The van der Waals surface area contributed by atoms with Crippen molar-refractivity contribution < 1.29 is 9.53 Å². The van der Waals surface area contributed by atoms with Crippen molar-refractivity contribution in [2.45, 2.75) is 52.2 Å². The summed E-state index contributed by atoms with van der Waals surface area (Å²) in [6, 6.07) is 0.440. The SMILES string of the molecule is COCCN(CCC(NC(C)C)C(N)=O)C(C)C. The van der Waals surface area contributed by atoms with Gasteiger partial charge in [-0.3, -0.25) is 9.69 Å². The maximum Gasteiger partial charge on any atom is 0.234 e. The third kappa shape index (κ3) is 7.63. The minimum absolute atomic E-state index is 0.256. The van der Waals surface area contributed by atoms with Gasteiger partial charge in [0.2, 0.25) is 5.91 Å². The fourth-order valence-corrected chi connectivity index (χ4v) is 1.84. The summed E-state index contributed by atoms with van der Waals surface area (Å²) >= 11 is 0. The average Bonchev–Trinajstić information content (AvgIpc) is 2.26. The van der Waals surface area contributed by atoms with Gasteiger partial charge in [0.05, 0.1) is 12.6 Å². The van der Waals surface area contributed by atoms with Crippen molar-refractivity contribution in [3.63, 3.8) is 0 Å². The smallest absolute Gasteiger partial charge is 0.234 e. The predicted octanol–water partition coefficient (Wildman–Crippen LogP) is 0.585. The number of methoxy groups -OCH3 is 1. The number of rotatable bonds is 10. The third-order valence-electron chi connectivity index (χ3n) is 2.90. The molecule has 0 bridgehead atoms. The number of ether oxygens (including phenoxy) is 1. The summed E-state index contributed by atoms with van der Waals surface area (Å²) < 4.78 is 5.09. The Morgan fingerprint density at radius 2 is 1.89 bits per heavy atom. The van der Waals surface area contributed by atoms with Crippen molar-refractivity contribution >= 4 is 5.91 Å². The first-order chi connectivity index (χ1) is 8.38. The van der Waals surface area contributed by atoms with Gasteiger partial charge in [-0.25, -0.2) is 0 Å². The lowest BCUT2D eigenvalue weighted by Gasteiger charge is -2.28. The second kappa shape index (κ2) is 9.30. The molecule has 1 unspecified atom stereocenters. The van der Waals surface area contributed by atoms with Crippen LogP contribution in [0.2, 0.25) is 0 Å². The molecule has 0 aromatic rings. The molecule has 1 amide bonds. The topological polar surface area (TPSA) is 67.6 Å². The lowest BCUT2D eigenvalue weighted by atomic mass is 10.1. The molecule has 5 heteroatoms. The van der Waals surface area contributed by atoms with E-state index in [1.165, 1.54) is 0 Å². The van der Waals surface area contributed by atoms with E-state index in [0.29, 0.717) is 12.6 Å². The van der Waals surface area contributed by atoms with Crippen LogP contribution < -0.4 is 11.1 Å². The van der Waals surface area contributed by atoms with Gasteiger partial charge in [0.1, 0.15) is 0 Å². The molecular formula is C13H29N3O2. The number of nitrogens with one attached hydrogen (secondary N) is 1. The van der Waals surface area contributed by atoms with Crippen molar-refractivity contribution in [2.24, 2.45) is 5.73 Å². The number of primary amides is 1. The van der Waals surface area contributed by atoms with Crippen LogP contribution in [0.1, 0.15) is 34.1 Å². The summed E-state index contributed by atoms with van der Waals surface area (Å²) in [5.41, 5.74) is 5.40. The zero-order valence-electron chi connectivity index (χ0n) is 12.4. The van der Waals surface area contributed by atoms with E-state index in [2.05, 4.69) is 24.1 Å². The number of amides is 1. The zero-order valence-corrected chi connectivity index (χ0v) is 12.4. The summed E-state index contributed by atoms with van der Waals surface area (Å²) in [7, 11) is 1.70. The van der Waals surface area contributed by atoms with Crippen molar-refractivity contribution in [3.05, 3.63) is 0 Å². The van der Waals surface area contributed by atoms with Crippen LogP contribution >= 0.6 is 0 Å². The molecule has 1 atom stereocenters. The standard InChI is InChI=1S/C13H29N3O2/c1-10(2)15-12(13(14)17)6-7-16(11(3)4)8-9-18-5/h10-12,15H,6-9H2,1-5H3,(H2,14,17). The molecule has 0 aliphatic carbocycles. The highest BCUT2D eigenvalue weighted by Gasteiger charge is 2.18. The molecule has 5 nitrogen and oxygen atoms in total. The van der Waals surface area contributed by atoms with Crippen LogP contribution in [0.15, 0.2) is 0 Å². The molecule has 0 aromatic carbocycles. The highest BCUT2D eigenvalue weighted by atomic mass is 16.5. The zero-order chi connectivity index (χ0) is 14.1. The van der Waals surface area contributed by atoms with Crippen LogP contribution in [0.25, 0.3) is 0 Å². The Morgan fingerprint density at radius 1 is 1.28 bits per heavy atom. The minimum atomic E-state index is -0.279. The first-order valence-electron chi connectivity index (χ1n) is 6.66. The van der Waals surface area contributed by atoms with Gasteiger partial charge in [-0.15, -0.1) is 0 Å². The predicted molar refractivity (Wildman–Crippen MR) is 74.5 cm³/mol. The summed E-state index contributed by atoms with van der Waals surface area (Å²) in [6.45, 7) is 10.7. The number of carbonyl (C=O) groups is 1. The fraction of sp³-hybridized carbons (Fsp3) is 0.923. The quantitative estimate of drug-likeness (QED) is 0.602. The number of nitrogens with zero attached hydrogens (tertiary/aromatic N) is 1. The van der Waals surface area contributed by atoms with Crippen LogP contribution in [0.3, 0.4) is 0 Å². The van der Waals surface area contributed by atoms with E-state index in [-0.39, 0.29) is 18.0 Å². The molecule has 0 saturated carbocycles. The average molecular weight is 259 g/mol.